The SMILES string of the molecule is O=C(O)Cn1nc(OCC(F)(F)F)c(OCC(F)(F)F)cc1=O. The summed E-state index contributed by atoms with van der Waals surface area (Å²) in [4.78, 5) is 21.9. The van der Waals surface area contributed by atoms with Crippen molar-refractivity contribution < 1.29 is 45.7 Å². The molecule has 23 heavy (non-hydrogen) atoms. The van der Waals surface area contributed by atoms with Gasteiger partial charge in [0.15, 0.2) is 19.0 Å². The number of carboxylic acid groups (broad SMARTS) is 1. The normalized spacial score (nSPS) is 12.1. The Morgan fingerprint density at radius 1 is 1.13 bits per heavy atom. The number of aromatic nitrogens is 2. The van der Waals surface area contributed by atoms with E-state index in [4.69, 9.17) is 5.11 Å². The van der Waals surface area contributed by atoms with Crippen LogP contribution in [0.3, 0.4) is 0 Å². The first-order valence-electron chi connectivity index (χ1n) is 5.60. The number of alkyl halides is 6. The van der Waals surface area contributed by atoms with Gasteiger partial charge in [0.1, 0.15) is 6.54 Å². The van der Waals surface area contributed by atoms with E-state index in [-0.39, 0.29) is 4.68 Å². The predicted molar refractivity (Wildman–Crippen MR) is 59.2 cm³/mol. The van der Waals surface area contributed by atoms with Crippen molar-refractivity contribution in [2.45, 2.75) is 18.9 Å². The van der Waals surface area contributed by atoms with Crippen LogP contribution in [0.25, 0.3) is 0 Å². The highest BCUT2D eigenvalue weighted by Crippen LogP contribution is 2.26. The fraction of sp³-hybridized carbons (Fsp3) is 0.500. The van der Waals surface area contributed by atoms with E-state index >= 15 is 0 Å². The second-order valence-electron chi connectivity index (χ2n) is 4.01. The smallest absolute Gasteiger partial charge is 0.422 e. The van der Waals surface area contributed by atoms with Crippen LogP contribution in [0.5, 0.6) is 11.6 Å². The molecule has 0 aliphatic heterocycles. The lowest BCUT2D eigenvalue weighted by Gasteiger charge is -2.15. The second kappa shape index (κ2) is 6.75. The molecule has 0 aliphatic carbocycles. The average Bonchev–Trinajstić information content (AvgIpc) is 2.34. The Labute approximate surface area is 123 Å². The van der Waals surface area contributed by atoms with Crippen molar-refractivity contribution in [1.82, 2.24) is 9.78 Å². The number of aliphatic carboxylic acids is 1. The van der Waals surface area contributed by atoms with Gasteiger partial charge in [0.05, 0.1) is 6.07 Å². The molecular weight excluding hydrogens is 342 g/mol. The Bertz CT molecular complexity index is 624. The molecule has 0 atom stereocenters. The standard InChI is InChI=1S/C10H8F6N2O5/c11-9(12,13)3-22-5-1-6(19)18(2-7(20)21)17-8(5)23-4-10(14,15)16/h1H,2-4H2,(H,20,21). The maximum atomic E-state index is 12.1. The Morgan fingerprint density at radius 2 is 1.65 bits per heavy atom. The van der Waals surface area contributed by atoms with Crippen molar-refractivity contribution in [3.63, 3.8) is 0 Å². The zero-order valence-corrected chi connectivity index (χ0v) is 10.9. The number of hydrogen-bond acceptors (Lipinski definition) is 5. The van der Waals surface area contributed by atoms with Crippen LogP contribution in [0.4, 0.5) is 26.3 Å². The number of carbonyl (C=O) groups is 1. The van der Waals surface area contributed by atoms with Gasteiger partial charge in [0, 0.05) is 0 Å². The van der Waals surface area contributed by atoms with Gasteiger partial charge in [-0.3, -0.25) is 9.59 Å². The molecule has 0 radical (unpaired) electrons. The van der Waals surface area contributed by atoms with Crippen LogP contribution in [-0.2, 0) is 11.3 Å². The summed E-state index contributed by atoms with van der Waals surface area (Å²) >= 11 is 0. The number of halogens is 6. The van der Waals surface area contributed by atoms with Crippen molar-refractivity contribution in [1.29, 1.82) is 0 Å². The zero-order valence-electron chi connectivity index (χ0n) is 10.9. The third-order valence-corrected chi connectivity index (χ3v) is 1.98. The first-order valence-corrected chi connectivity index (χ1v) is 5.60. The van der Waals surface area contributed by atoms with E-state index in [0.717, 1.165) is 0 Å². The van der Waals surface area contributed by atoms with Gasteiger partial charge >= 0.3 is 18.3 Å². The molecule has 130 valence electrons. The van der Waals surface area contributed by atoms with Crippen LogP contribution in [0.15, 0.2) is 10.9 Å². The Morgan fingerprint density at radius 3 is 2.13 bits per heavy atom. The lowest BCUT2D eigenvalue weighted by atomic mass is 10.4. The number of hydrogen-bond donors (Lipinski definition) is 1. The number of ether oxygens (including phenoxy) is 2. The van der Waals surface area contributed by atoms with Gasteiger partial charge in [-0.1, -0.05) is 0 Å². The Kier molecular flexibility index (Phi) is 5.45. The van der Waals surface area contributed by atoms with Gasteiger partial charge in [0.25, 0.3) is 11.4 Å². The molecule has 1 heterocycles. The number of nitrogens with zero attached hydrogens (tertiary/aromatic N) is 2. The van der Waals surface area contributed by atoms with E-state index in [9.17, 15) is 35.9 Å². The third kappa shape index (κ3) is 6.88. The molecule has 0 unspecified atom stereocenters. The summed E-state index contributed by atoms with van der Waals surface area (Å²) in [5.74, 6) is -3.63. The van der Waals surface area contributed by atoms with E-state index in [2.05, 4.69) is 14.6 Å². The highest BCUT2D eigenvalue weighted by Gasteiger charge is 2.32. The molecule has 0 aliphatic rings. The molecular formula is C10H8F6N2O5. The molecule has 0 saturated carbocycles. The van der Waals surface area contributed by atoms with Gasteiger partial charge in [-0.25, -0.2) is 4.68 Å². The number of rotatable bonds is 6. The van der Waals surface area contributed by atoms with Crippen LogP contribution in [0, 0.1) is 0 Å². The maximum Gasteiger partial charge on any atom is 0.422 e. The van der Waals surface area contributed by atoms with Crippen molar-refractivity contribution in [2.75, 3.05) is 13.2 Å². The van der Waals surface area contributed by atoms with Crippen LogP contribution in [0.1, 0.15) is 0 Å². The summed E-state index contributed by atoms with van der Waals surface area (Å²) < 4.78 is 81.1. The van der Waals surface area contributed by atoms with E-state index in [1.807, 2.05) is 0 Å². The molecule has 1 aromatic rings. The lowest BCUT2D eigenvalue weighted by Crippen LogP contribution is -2.29. The summed E-state index contributed by atoms with van der Waals surface area (Å²) in [7, 11) is 0. The van der Waals surface area contributed by atoms with E-state index < -0.39 is 55.3 Å². The minimum Gasteiger partial charge on any atom is -0.480 e. The molecule has 0 saturated heterocycles. The summed E-state index contributed by atoms with van der Waals surface area (Å²) in [6.45, 7) is -4.85. The van der Waals surface area contributed by atoms with Gasteiger partial charge in [0.2, 0.25) is 0 Å². The van der Waals surface area contributed by atoms with Crippen molar-refractivity contribution in [3.05, 3.63) is 16.4 Å². The largest absolute Gasteiger partial charge is 0.480 e. The molecule has 13 heteroatoms. The van der Waals surface area contributed by atoms with Crippen molar-refractivity contribution in [3.8, 4) is 11.6 Å². The second-order valence-corrected chi connectivity index (χ2v) is 4.01. The van der Waals surface area contributed by atoms with Crippen LogP contribution >= 0.6 is 0 Å². The zero-order chi connectivity index (χ0) is 17.8. The summed E-state index contributed by atoms with van der Waals surface area (Å²) in [6, 6.07) is 0.355. The fourth-order valence-corrected chi connectivity index (χ4v) is 1.21. The number of carboxylic acids is 1. The summed E-state index contributed by atoms with van der Waals surface area (Å²) in [5.41, 5.74) is -1.19. The summed E-state index contributed by atoms with van der Waals surface area (Å²) in [6.07, 6.45) is -9.66. The molecule has 0 aromatic carbocycles. The average molecular weight is 350 g/mol. The van der Waals surface area contributed by atoms with E-state index in [1.165, 1.54) is 0 Å². The van der Waals surface area contributed by atoms with Crippen LogP contribution in [0.2, 0.25) is 0 Å². The minimum absolute atomic E-state index is 0.203. The first-order chi connectivity index (χ1) is 10.4. The molecule has 0 spiro atoms. The molecule has 1 aromatic heterocycles. The summed E-state index contributed by atoms with van der Waals surface area (Å²) in [5, 5.41) is 11.6. The van der Waals surface area contributed by atoms with Crippen LogP contribution < -0.4 is 15.0 Å². The van der Waals surface area contributed by atoms with Crippen molar-refractivity contribution in [2.24, 2.45) is 0 Å². The molecule has 0 amide bonds. The highest BCUT2D eigenvalue weighted by molar-refractivity contribution is 5.66. The quantitative estimate of drug-likeness (QED) is 0.776. The lowest BCUT2D eigenvalue weighted by molar-refractivity contribution is -0.159. The van der Waals surface area contributed by atoms with E-state index in [0.29, 0.717) is 6.07 Å². The third-order valence-electron chi connectivity index (χ3n) is 1.98. The van der Waals surface area contributed by atoms with E-state index in [1.54, 1.807) is 0 Å². The van der Waals surface area contributed by atoms with Gasteiger partial charge in [-0.2, -0.15) is 26.3 Å². The van der Waals surface area contributed by atoms with Gasteiger partial charge in [-0.15, -0.1) is 5.10 Å². The van der Waals surface area contributed by atoms with Gasteiger partial charge < -0.3 is 14.6 Å². The fourth-order valence-electron chi connectivity index (χ4n) is 1.21. The molecule has 0 bridgehead atoms. The molecule has 7 nitrogen and oxygen atoms in total. The monoisotopic (exact) mass is 350 g/mol. The Hall–Kier alpha value is -2.47. The molecule has 0 fully saturated rings. The molecule has 1 N–H and O–H groups in total. The van der Waals surface area contributed by atoms with Crippen LogP contribution in [-0.4, -0.2) is 46.4 Å². The Balaban J connectivity index is 3.12. The van der Waals surface area contributed by atoms with Crippen molar-refractivity contribution >= 4 is 5.97 Å². The highest BCUT2D eigenvalue weighted by atomic mass is 19.4. The first kappa shape index (κ1) is 18.6. The molecule has 1 rings (SSSR count). The maximum absolute atomic E-state index is 12.1. The predicted octanol–water partition coefficient (Wildman–Crippen LogP) is 1.21. The minimum atomic E-state index is -4.84. The van der Waals surface area contributed by atoms with Gasteiger partial charge in [-0.05, 0) is 0 Å². The topological polar surface area (TPSA) is 90.7 Å².